The number of rotatable bonds is 3. The average Bonchev–Trinajstić information content (AvgIpc) is 3.13. The Morgan fingerprint density at radius 1 is 0.793 bits per heavy atom. The van der Waals surface area contributed by atoms with E-state index in [0.29, 0.717) is 10.0 Å². The molecule has 29 heavy (non-hydrogen) atoms. The van der Waals surface area contributed by atoms with Gasteiger partial charge in [-0.25, -0.2) is 0 Å². The van der Waals surface area contributed by atoms with Crippen molar-refractivity contribution in [2.45, 2.75) is 31.3 Å². The molecule has 1 fully saturated rings. The van der Waals surface area contributed by atoms with E-state index in [1.165, 1.54) is 0 Å². The standard InChI is InChI=1S/C23H20Cl2N4/c24-14-4-6-16-19(12-14)27-10-8-21(16)29(23-3-1-2-18(23)26)22-9-11-28-20-13-15(25)5-7-17(20)22/h4-13,18,23H,1-3,26H2/t18-,23-/m0/s1. The van der Waals surface area contributed by atoms with Crippen LogP contribution in [0.4, 0.5) is 11.4 Å². The van der Waals surface area contributed by atoms with Crippen LogP contribution in [-0.4, -0.2) is 22.1 Å². The fraction of sp³-hybridized carbons (Fsp3) is 0.217. The molecule has 0 aliphatic heterocycles. The van der Waals surface area contributed by atoms with Gasteiger partial charge in [0.05, 0.1) is 22.4 Å². The molecule has 4 aromatic rings. The summed E-state index contributed by atoms with van der Waals surface area (Å²) in [6.07, 6.45) is 6.84. The van der Waals surface area contributed by atoms with Crippen LogP contribution >= 0.6 is 23.2 Å². The van der Waals surface area contributed by atoms with Crippen LogP contribution in [0.5, 0.6) is 0 Å². The van der Waals surface area contributed by atoms with Crippen LogP contribution in [0.3, 0.4) is 0 Å². The van der Waals surface area contributed by atoms with Gasteiger partial charge in [-0.3, -0.25) is 9.97 Å². The quantitative estimate of drug-likeness (QED) is 0.432. The van der Waals surface area contributed by atoms with Gasteiger partial charge in [0.25, 0.3) is 0 Å². The fourth-order valence-corrected chi connectivity index (χ4v) is 4.74. The molecule has 0 spiro atoms. The van der Waals surface area contributed by atoms with Crippen molar-refractivity contribution in [2.24, 2.45) is 5.73 Å². The molecule has 5 rings (SSSR count). The Morgan fingerprint density at radius 3 is 1.83 bits per heavy atom. The van der Waals surface area contributed by atoms with Gasteiger partial charge < -0.3 is 10.6 Å². The first-order valence-corrected chi connectivity index (χ1v) is 10.5. The second-order valence-electron chi connectivity index (χ2n) is 7.52. The van der Waals surface area contributed by atoms with E-state index in [1.54, 1.807) is 0 Å². The van der Waals surface area contributed by atoms with Crippen molar-refractivity contribution in [3.05, 3.63) is 71.0 Å². The summed E-state index contributed by atoms with van der Waals surface area (Å²) in [7, 11) is 0. The van der Waals surface area contributed by atoms with E-state index in [1.807, 2.05) is 48.8 Å². The fourth-order valence-electron chi connectivity index (χ4n) is 4.41. The van der Waals surface area contributed by atoms with Crippen molar-refractivity contribution in [2.75, 3.05) is 4.90 Å². The van der Waals surface area contributed by atoms with Crippen LogP contribution in [0.15, 0.2) is 60.9 Å². The first-order valence-electron chi connectivity index (χ1n) is 9.75. The van der Waals surface area contributed by atoms with Crippen LogP contribution in [0.2, 0.25) is 10.0 Å². The van der Waals surface area contributed by atoms with E-state index in [0.717, 1.165) is 52.4 Å². The van der Waals surface area contributed by atoms with Crippen molar-refractivity contribution >= 4 is 56.4 Å². The molecule has 2 heterocycles. The van der Waals surface area contributed by atoms with Gasteiger partial charge >= 0.3 is 0 Å². The zero-order valence-electron chi connectivity index (χ0n) is 15.7. The minimum atomic E-state index is 0.0982. The number of hydrogen-bond donors (Lipinski definition) is 1. The molecular weight excluding hydrogens is 403 g/mol. The highest BCUT2D eigenvalue weighted by Crippen LogP contribution is 2.41. The molecule has 146 valence electrons. The number of halogens is 2. The number of nitrogens with two attached hydrogens (primary N) is 1. The Bertz CT molecular complexity index is 1120. The minimum absolute atomic E-state index is 0.0982. The van der Waals surface area contributed by atoms with Crippen LogP contribution in [0, 0.1) is 0 Å². The summed E-state index contributed by atoms with van der Waals surface area (Å²) in [5.41, 5.74) is 10.5. The normalized spacial score (nSPS) is 19.1. The third-order valence-corrected chi connectivity index (χ3v) is 6.22. The van der Waals surface area contributed by atoms with Gasteiger partial charge in [0.1, 0.15) is 0 Å². The monoisotopic (exact) mass is 422 g/mol. The number of hydrogen-bond acceptors (Lipinski definition) is 4. The molecule has 0 unspecified atom stereocenters. The van der Waals surface area contributed by atoms with E-state index in [-0.39, 0.29) is 12.1 Å². The van der Waals surface area contributed by atoms with Crippen molar-refractivity contribution in [1.82, 2.24) is 9.97 Å². The van der Waals surface area contributed by atoms with E-state index in [4.69, 9.17) is 28.9 Å². The molecule has 0 radical (unpaired) electrons. The van der Waals surface area contributed by atoms with Crippen LogP contribution in [0.1, 0.15) is 19.3 Å². The lowest BCUT2D eigenvalue weighted by molar-refractivity contribution is 0.590. The SMILES string of the molecule is N[C@H]1CCC[C@@H]1N(c1ccnc2cc(Cl)ccc12)c1ccnc2cc(Cl)ccc12. The third-order valence-electron chi connectivity index (χ3n) is 5.75. The molecule has 2 aromatic carbocycles. The maximum Gasteiger partial charge on any atom is 0.0737 e. The predicted molar refractivity (Wildman–Crippen MR) is 121 cm³/mol. The summed E-state index contributed by atoms with van der Waals surface area (Å²) < 4.78 is 0. The van der Waals surface area contributed by atoms with Crippen LogP contribution in [-0.2, 0) is 0 Å². The largest absolute Gasteiger partial charge is 0.336 e. The van der Waals surface area contributed by atoms with Gasteiger partial charge in [0.2, 0.25) is 0 Å². The molecule has 1 saturated carbocycles. The summed E-state index contributed by atoms with van der Waals surface area (Å²) in [5, 5.41) is 3.45. The average molecular weight is 423 g/mol. The number of nitrogens with zero attached hydrogens (tertiary/aromatic N) is 3. The molecule has 4 nitrogen and oxygen atoms in total. The van der Waals surface area contributed by atoms with Gasteiger partial charge in [0, 0.05) is 45.3 Å². The van der Waals surface area contributed by atoms with Crippen molar-refractivity contribution in [3.8, 4) is 0 Å². The zero-order chi connectivity index (χ0) is 20.0. The van der Waals surface area contributed by atoms with E-state index in [2.05, 4.69) is 27.0 Å². The Hall–Kier alpha value is -2.40. The lowest BCUT2D eigenvalue weighted by atomic mass is 10.0. The smallest absolute Gasteiger partial charge is 0.0737 e. The third kappa shape index (κ3) is 3.31. The molecule has 1 aliphatic rings. The second-order valence-corrected chi connectivity index (χ2v) is 8.39. The van der Waals surface area contributed by atoms with Gasteiger partial charge in [0.15, 0.2) is 0 Å². The highest BCUT2D eigenvalue weighted by Gasteiger charge is 2.32. The summed E-state index contributed by atoms with van der Waals surface area (Å²) in [6.45, 7) is 0. The van der Waals surface area contributed by atoms with E-state index < -0.39 is 0 Å². The molecular formula is C23H20Cl2N4. The Balaban J connectivity index is 1.79. The van der Waals surface area contributed by atoms with Gasteiger partial charge in [-0.2, -0.15) is 0 Å². The lowest BCUT2D eigenvalue weighted by Crippen LogP contribution is -2.42. The van der Waals surface area contributed by atoms with Crippen molar-refractivity contribution in [3.63, 3.8) is 0 Å². The van der Waals surface area contributed by atoms with E-state index >= 15 is 0 Å². The topological polar surface area (TPSA) is 55.0 Å². The number of benzene rings is 2. The summed E-state index contributed by atoms with van der Waals surface area (Å²) in [5.74, 6) is 0. The summed E-state index contributed by atoms with van der Waals surface area (Å²) in [6, 6.07) is 16.1. The molecule has 0 bridgehead atoms. The van der Waals surface area contributed by atoms with Gasteiger partial charge in [-0.15, -0.1) is 0 Å². The summed E-state index contributed by atoms with van der Waals surface area (Å²) in [4.78, 5) is 11.4. The number of anilines is 2. The minimum Gasteiger partial charge on any atom is -0.336 e. The van der Waals surface area contributed by atoms with Crippen molar-refractivity contribution < 1.29 is 0 Å². The molecule has 6 heteroatoms. The van der Waals surface area contributed by atoms with Gasteiger partial charge in [-0.05, 0) is 67.8 Å². The summed E-state index contributed by atoms with van der Waals surface area (Å²) >= 11 is 12.4. The predicted octanol–water partition coefficient (Wildman–Crippen LogP) is 6.11. The van der Waals surface area contributed by atoms with Gasteiger partial charge in [-0.1, -0.05) is 23.2 Å². The Morgan fingerprint density at radius 2 is 1.34 bits per heavy atom. The van der Waals surface area contributed by atoms with Crippen molar-refractivity contribution in [1.29, 1.82) is 0 Å². The Kier molecular flexibility index (Phi) is 4.78. The second kappa shape index (κ2) is 7.45. The van der Waals surface area contributed by atoms with Crippen LogP contribution in [0.25, 0.3) is 21.8 Å². The maximum atomic E-state index is 6.58. The molecule has 0 saturated heterocycles. The molecule has 2 atom stereocenters. The molecule has 1 aliphatic carbocycles. The highest BCUT2D eigenvalue weighted by molar-refractivity contribution is 6.31. The van der Waals surface area contributed by atoms with E-state index in [9.17, 15) is 0 Å². The first kappa shape index (κ1) is 18.6. The Labute approximate surface area is 179 Å². The number of fused-ring (bicyclic) bond motifs is 2. The lowest BCUT2D eigenvalue weighted by Gasteiger charge is -2.35. The molecule has 0 amide bonds. The number of pyridine rings is 2. The van der Waals surface area contributed by atoms with Crippen LogP contribution < -0.4 is 10.6 Å². The maximum absolute atomic E-state index is 6.58. The molecule has 2 aromatic heterocycles. The zero-order valence-corrected chi connectivity index (χ0v) is 17.2. The highest BCUT2D eigenvalue weighted by atomic mass is 35.5. The molecule has 2 N–H and O–H groups in total. The number of aromatic nitrogens is 2. The first-order chi connectivity index (χ1) is 14.1.